The van der Waals surface area contributed by atoms with Gasteiger partial charge in [-0.05, 0) is 19.8 Å². The van der Waals surface area contributed by atoms with E-state index in [-0.39, 0.29) is 18.8 Å². The molecule has 0 aromatic heterocycles. The van der Waals surface area contributed by atoms with Crippen molar-refractivity contribution in [3.05, 3.63) is 5.92 Å². The monoisotopic (exact) mass is 161 g/mol. The van der Waals surface area contributed by atoms with E-state index in [1.54, 1.807) is 0 Å². The van der Waals surface area contributed by atoms with Crippen LogP contribution in [-0.4, -0.2) is 11.7 Å². The predicted octanol–water partition coefficient (Wildman–Crippen LogP) is 2.36. The SMILES string of the molecule is CC(=O)[C]1CCCCC1(F)F. The molecule has 1 nitrogen and oxygen atoms in total. The second-order valence-electron chi connectivity index (χ2n) is 2.95. The summed E-state index contributed by atoms with van der Waals surface area (Å²) in [6.07, 6.45) is 1.39. The zero-order valence-electron chi connectivity index (χ0n) is 6.49. The van der Waals surface area contributed by atoms with Crippen LogP contribution in [0.1, 0.15) is 32.6 Å². The Hall–Kier alpha value is -0.470. The molecule has 11 heavy (non-hydrogen) atoms. The zero-order chi connectivity index (χ0) is 8.48. The highest BCUT2D eigenvalue weighted by atomic mass is 19.3. The van der Waals surface area contributed by atoms with Gasteiger partial charge in [0.1, 0.15) is 11.7 Å². The number of rotatable bonds is 1. The van der Waals surface area contributed by atoms with Gasteiger partial charge >= 0.3 is 0 Å². The van der Waals surface area contributed by atoms with Crippen molar-refractivity contribution in [3.8, 4) is 0 Å². The van der Waals surface area contributed by atoms with Crippen molar-refractivity contribution in [3.63, 3.8) is 0 Å². The Labute approximate surface area is 64.8 Å². The molecule has 63 valence electrons. The zero-order valence-corrected chi connectivity index (χ0v) is 6.49. The van der Waals surface area contributed by atoms with Crippen molar-refractivity contribution in [2.24, 2.45) is 0 Å². The number of ketones is 1. The van der Waals surface area contributed by atoms with Gasteiger partial charge in [0.15, 0.2) is 0 Å². The molecule has 1 aliphatic rings. The average molecular weight is 161 g/mol. The number of hydrogen-bond acceptors (Lipinski definition) is 1. The van der Waals surface area contributed by atoms with Crippen molar-refractivity contribution in [2.45, 2.75) is 38.5 Å². The lowest BCUT2D eigenvalue weighted by molar-refractivity contribution is -0.122. The summed E-state index contributed by atoms with van der Waals surface area (Å²) >= 11 is 0. The molecule has 0 unspecified atom stereocenters. The Morgan fingerprint density at radius 3 is 2.45 bits per heavy atom. The third-order valence-corrected chi connectivity index (χ3v) is 2.03. The molecule has 1 saturated carbocycles. The van der Waals surface area contributed by atoms with Gasteiger partial charge in [0.05, 0.1) is 0 Å². The number of Topliss-reactive ketones (excluding diaryl/α,β-unsaturated/α-hetero) is 1. The maximum absolute atomic E-state index is 12.9. The molecule has 0 amide bonds. The maximum atomic E-state index is 12.9. The molecule has 1 rings (SSSR count). The Morgan fingerprint density at radius 2 is 2.09 bits per heavy atom. The summed E-state index contributed by atoms with van der Waals surface area (Å²) in [7, 11) is 0. The molecule has 0 spiro atoms. The molecular formula is C8H11F2O. The van der Waals surface area contributed by atoms with Crippen molar-refractivity contribution in [1.29, 1.82) is 0 Å². The Kier molecular flexibility index (Phi) is 2.25. The van der Waals surface area contributed by atoms with E-state index in [1.165, 1.54) is 6.92 Å². The van der Waals surface area contributed by atoms with Crippen LogP contribution in [0.5, 0.6) is 0 Å². The molecule has 0 aromatic rings. The summed E-state index contributed by atoms with van der Waals surface area (Å²) in [5, 5.41) is 0. The Bertz CT molecular complexity index is 165. The summed E-state index contributed by atoms with van der Waals surface area (Å²) in [6.45, 7) is 1.22. The number of hydrogen-bond donors (Lipinski definition) is 0. The predicted molar refractivity (Wildman–Crippen MR) is 37.3 cm³/mol. The van der Waals surface area contributed by atoms with Gasteiger partial charge in [0, 0.05) is 6.42 Å². The number of halogens is 2. The van der Waals surface area contributed by atoms with Crippen molar-refractivity contribution in [1.82, 2.24) is 0 Å². The third-order valence-electron chi connectivity index (χ3n) is 2.03. The van der Waals surface area contributed by atoms with Gasteiger partial charge in [-0.2, -0.15) is 0 Å². The van der Waals surface area contributed by atoms with Crippen LogP contribution in [0.15, 0.2) is 0 Å². The van der Waals surface area contributed by atoms with E-state index < -0.39 is 11.7 Å². The van der Waals surface area contributed by atoms with E-state index in [4.69, 9.17) is 0 Å². The van der Waals surface area contributed by atoms with Gasteiger partial charge in [0.25, 0.3) is 5.92 Å². The first-order valence-electron chi connectivity index (χ1n) is 3.79. The molecule has 0 aromatic carbocycles. The van der Waals surface area contributed by atoms with E-state index in [2.05, 4.69) is 0 Å². The van der Waals surface area contributed by atoms with E-state index >= 15 is 0 Å². The highest BCUT2D eigenvalue weighted by molar-refractivity contribution is 5.91. The second-order valence-corrected chi connectivity index (χ2v) is 2.95. The average Bonchev–Trinajstić information content (AvgIpc) is 1.85. The van der Waals surface area contributed by atoms with Crippen LogP contribution >= 0.6 is 0 Å². The summed E-state index contributed by atoms with van der Waals surface area (Å²) < 4.78 is 25.7. The maximum Gasteiger partial charge on any atom is 0.261 e. The number of alkyl halides is 2. The highest BCUT2D eigenvalue weighted by Gasteiger charge is 2.44. The standard InChI is InChI=1S/C8H11F2O/c1-6(11)7-4-2-3-5-8(7,9)10/h2-5H2,1H3. The van der Waals surface area contributed by atoms with E-state index in [1.807, 2.05) is 0 Å². The topological polar surface area (TPSA) is 17.1 Å². The van der Waals surface area contributed by atoms with Crippen LogP contribution in [0.3, 0.4) is 0 Å². The fourth-order valence-corrected chi connectivity index (χ4v) is 1.42. The summed E-state index contributed by atoms with van der Waals surface area (Å²) in [5.41, 5.74) is 0. The molecule has 1 fully saturated rings. The summed E-state index contributed by atoms with van der Waals surface area (Å²) in [6, 6.07) is 0. The fourth-order valence-electron chi connectivity index (χ4n) is 1.42. The van der Waals surface area contributed by atoms with Gasteiger partial charge in [-0.3, -0.25) is 4.79 Å². The minimum atomic E-state index is -2.82. The van der Waals surface area contributed by atoms with E-state index in [9.17, 15) is 13.6 Å². The van der Waals surface area contributed by atoms with Crippen LogP contribution in [-0.2, 0) is 4.79 Å². The minimum absolute atomic E-state index is 0.151. The van der Waals surface area contributed by atoms with Crippen LogP contribution in [0.2, 0.25) is 0 Å². The van der Waals surface area contributed by atoms with E-state index in [0.717, 1.165) is 6.42 Å². The van der Waals surface area contributed by atoms with E-state index in [0.29, 0.717) is 6.42 Å². The lowest BCUT2D eigenvalue weighted by atomic mass is 9.83. The molecule has 0 atom stereocenters. The Morgan fingerprint density at radius 1 is 1.45 bits per heavy atom. The molecule has 0 N–H and O–H groups in total. The number of carbonyl (C=O) groups is 1. The summed E-state index contributed by atoms with van der Waals surface area (Å²) in [5.74, 6) is -3.44. The Balaban J connectivity index is 2.67. The van der Waals surface area contributed by atoms with Gasteiger partial charge in [0.2, 0.25) is 0 Å². The molecule has 1 radical (unpaired) electrons. The van der Waals surface area contributed by atoms with Gasteiger partial charge in [-0.25, -0.2) is 8.78 Å². The molecular weight excluding hydrogens is 150 g/mol. The van der Waals surface area contributed by atoms with Crippen LogP contribution in [0.4, 0.5) is 8.78 Å². The minimum Gasteiger partial charge on any atom is -0.299 e. The molecule has 3 heteroatoms. The highest BCUT2D eigenvalue weighted by Crippen LogP contribution is 2.40. The smallest absolute Gasteiger partial charge is 0.261 e. The first kappa shape index (κ1) is 8.62. The van der Waals surface area contributed by atoms with Crippen molar-refractivity contribution >= 4 is 5.78 Å². The van der Waals surface area contributed by atoms with Gasteiger partial charge in [-0.15, -0.1) is 0 Å². The molecule has 0 aliphatic heterocycles. The molecule has 0 saturated heterocycles. The second kappa shape index (κ2) is 2.88. The molecule has 0 bridgehead atoms. The number of carbonyl (C=O) groups excluding carboxylic acids is 1. The third kappa shape index (κ3) is 1.76. The largest absolute Gasteiger partial charge is 0.299 e. The van der Waals surface area contributed by atoms with Crippen LogP contribution in [0, 0.1) is 5.92 Å². The van der Waals surface area contributed by atoms with Crippen molar-refractivity contribution < 1.29 is 13.6 Å². The summed E-state index contributed by atoms with van der Waals surface area (Å²) in [4.78, 5) is 10.7. The van der Waals surface area contributed by atoms with Gasteiger partial charge < -0.3 is 0 Å². The van der Waals surface area contributed by atoms with Crippen LogP contribution < -0.4 is 0 Å². The quantitative estimate of drug-likeness (QED) is 0.577. The normalized spacial score (nSPS) is 25.0. The van der Waals surface area contributed by atoms with Gasteiger partial charge in [-0.1, -0.05) is 6.42 Å². The first-order chi connectivity index (χ1) is 5.04. The lowest BCUT2D eigenvalue weighted by Gasteiger charge is -2.28. The fraction of sp³-hybridized carbons (Fsp3) is 0.750. The van der Waals surface area contributed by atoms with Crippen LogP contribution in [0.25, 0.3) is 0 Å². The molecule has 1 aliphatic carbocycles. The lowest BCUT2D eigenvalue weighted by Crippen LogP contribution is -2.34. The molecule has 0 heterocycles. The first-order valence-corrected chi connectivity index (χ1v) is 3.79. The van der Waals surface area contributed by atoms with Crippen molar-refractivity contribution in [2.75, 3.05) is 0 Å².